The van der Waals surface area contributed by atoms with Gasteiger partial charge in [0, 0.05) is 23.8 Å². The Morgan fingerprint density at radius 1 is 1.02 bits per heavy atom. The maximum absolute atomic E-state index is 13.3. The van der Waals surface area contributed by atoms with Crippen LogP contribution in [0.15, 0.2) is 23.3 Å². The van der Waals surface area contributed by atoms with Crippen molar-refractivity contribution in [2.24, 2.45) is 38.4 Å². The topological polar surface area (TPSA) is 87.0 Å². The Hall–Kier alpha value is -2.22. The number of amides is 1. The largest absolute Gasteiger partial charge is 0.356 e. The van der Waals surface area contributed by atoms with Crippen LogP contribution < -0.4 is 5.32 Å². The second kappa shape index (κ2) is 12.8. The minimum atomic E-state index is -0.681. The first kappa shape index (κ1) is 36.0. The standard InChI is InChI=1S/C37H60N2O3/c1-13-32(4,5)19-21-35(10,17-16-30(41)39-14-2)22-20-33(6,7)37(12)18-15-28-34(8,9)31(42)27(25-38)24-36(28,11)29(37)23-26(3)40/h23-24,28H,13-22H2,1-12H3,(H,39,41)/b29-23-/t28-,35-,36-,37+/m0/s1. The summed E-state index contributed by atoms with van der Waals surface area (Å²) in [5.41, 5.74) is -0.161. The van der Waals surface area contributed by atoms with E-state index in [0.717, 1.165) is 56.9 Å². The number of carbonyl (C=O) groups excluding carboxylic acids is 3. The maximum atomic E-state index is 13.3. The highest BCUT2D eigenvalue weighted by Gasteiger charge is 2.61. The summed E-state index contributed by atoms with van der Waals surface area (Å²) in [6.07, 6.45) is 12.1. The monoisotopic (exact) mass is 580 g/mol. The average molecular weight is 581 g/mol. The molecule has 0 radical (unpaired) electrons. The van der Waals surface area contributed by atoms with Crippen molar-refractivity contribution < 1.29 is 14.4 Å². The molecular weight excluding hydrogens is 520 g/mol. The van der Waals surface area contributed by atoms with Gasteiger partial charge in [0.2, 0.25) is 5.91 Å². The number of nitrogens with one attached hydrogen (secondary N) is 1. The number of ketones is 2. The molecule has 1 saturated carbocycles. The Morgan fingerprint density at radius 3 is 2.14 bits per heavy atom. The quantitative estimate of drug-likeness (QED) is 0.220. The molecule has 0 unspecified atom stereocenters. The Balaban J connectivity index is 2.52. The summed E-state index contributed by atoms with van der Waals surface area (Å²) in [6, 6.07) is 2.18. The van der Waals surface area contributed by atoms with Crippen molar-refractivity contribution >= 4 is 17.5 Å². The second-order valence-electron chi connectivity index (χ2n) is 16.3. The van der Waals surface area contributed by atoms with E-state index in [1.807, 2.05) is 32.9 Å². The van der Waals surface area contributed by atoms with Crippen LogP contribution >= 0.6 is 0 Å². The van der Waals surface area contributed by atoms with Crippen LogP contribution in [0, 0.1) is 49.7 Å². The third-order valence-electron chi connectivity index (χ3n) is 12.0. The van der Waals surface area contributed by atoms with Crippen molar-refractivity contribution in [2.75, 3.05) is 6.54 Å². The summed E-state index contributed by atoms with van der Waals surface area (Å²) in [6.45, 7) is 26.6. The Labute approximate surface area is 257 Å². The molecule has 2 rings (SSSR count). The zero-order valence-electron chi connectivity index (χ0n) is 29.0. The molecule has 1 N–H and O–H groups in total. The van der Waals surface area contributed by atoms with E-state index in [1.54, 1.807) is 6.92 Å². The molecule has 5 heteroatoms. The number of hydrogen-bond donors (Lipinski definition) is 1. The molecule has 236 valence electrons. The van der Waals surface area contributed by atoms with E-state index in [2.05, 4.69) is 66.8 Å². The lowest BCUT2D eigenvalue weighted by Crippen LogP contribution is -2.55. The number of allylic oxidation sites excluding steroid dienone is 4. The van der Waals surface area contributed by atoms with Crippen LogP contribution in [-0.2, 0) is 14.4 Å². The molecule has 4 atom stereocenters. The van der Waals surface area contributed by atoms with Gasteiger partial charge < -0.3 is 5.32 Å². The van der Waals surface area contributed by atoms with Gasteiger partial charge in [0.05, 0.1) is 5.57 Å². The predicted octanol–water partition coefficient (Wildman–Crippen LogP) is 8.93. The molecule has 0 aromatic carbocycles. The van der Waals surface area contributed by atoms with Gasteiger partial charge in [0.25, 0.3) is 0 Å². The highest BCUT2D eigenvalue weighted by Crippen LogP contribution is 2.67. The smallest absolute Gasteiger partial charge is 0.220 e. The molecule has 1 amide bonds. The fourth-order valence-electron chi connectivity index (χ4n) is 7.90. The van der Waals surface area contributed by atoms with Gasteiger partial charge in [0.1, 0.15) is 6.07 Å². The predicted molar refractivity (Wildman–Crippen MR) is 173 cm³/mol. The zero-order chi connectivity index (χ0) is 32.4. The van der Waals surface area contributed by atoms with Crippen molar-refractivity contribution in [3.63, 3.8) is 0 Å². The van der Waals surface area contributed by atoms with E-state index >= 15 is 0 Å². The van der Waals surface area contributed by atoms with E-state index < -0.39 is 10.8 Å². The average Bonchev–Trinajstić information content (AvgIpc) is 2.90. The third-order valence-corrected chi connectivity index (χ3v) is 12.0. The minimum absolute atomic E-state index is 0.00378. The summed E-state index contributed by atoms with van der Waals surface area (Å²) in [5.74, 6) is 0.0549. The number of carbonyl (C=O) groups is 3. The molecule has 2 aliphatic carbocycles. The number of rotatable bonds is 13. The van der Waals surface area contributed by atoms with Crippen LogP contribution in [0.1, 0.15) is 141 Å². The first-order valence-electron chi connectivity index (χ1n) is 16.3. The Morgan fingerprint density at radius 2 is 1.62 bits per heavy atom. The number of nitriles is 1. The first-order chi connectivity index (χ1) is 19.1. The van der Waals surface area contributed by atoms with Gasteiger partial charge in [-0.3, -0.25) is 14.4 Å². The lowest BCUT2D eigenvalue weighted by molar-refractivity contribution is -0.131. The van der Waals surface area contributed by atoms with Crippen molar-refractivity contribution in [1.29, 1.82) is 5.26 Å². The summed E-state index contributed by atoms with van der Waals surface area (Å²) < 4.78 is 0. The van der Waals surface area contributed by atoms with E-state index in [4.69, 9.17) is 0 Å². The summed E-state index contributed by atoms with van der Waals surface area (Å²) in [7, 11) is 0. The molecule has 5 nitrogen and oxygen atoms in total. The Bertz CT molecular complexity index is 1150. The van der Waals surface area contributed by atoms with E-state index in [-0.39, 0.29) is 50.6 Å². The van der Waals surface area contributed by atoms with E-state index in [0.29, 0.717) is 13.0 Å². The third kappa shape index (κ3) is 7.28. The summed E-state index contributed by atoms with van der Waals surface area (Å²) in [4.78, 5) is 38.5. The molecule has 0 aromatic heterocycles. The fraction of sp³-hybridized carbons (Fsp3) is 0.784. The molecule has 42 heavy (non-hydrogen) atoms. The van der Waals surface area contributed by atoms with Crippen LogP contribution in [0.5, 0.6) is 0 Å². The highest BCUT2D eigenvalue weighted by molar-refractivity contribution is 6.04. The Kier molecular flexibility index (Phi) is 11.0. The molecule has 2 aliphatic rings. The van der Waals surface area contributed by atoms with Crippen LogP contribution in [-0.4, -0.2) is 24.0 Å². The first-order valence-corrected chi connectivity index (χ1v) is 16.3. The summed E-state index contributed by atoms with van der Waals surface area (Å²) >= 11 is 0. The van der Waals surface area contributed by atoms with E-state index in [1.165, 1.54) is 0 Å². The van der Waals surface area contributed by atoms with Crippen LogP contribution in [0.3, 0.4) is 0 Å². The second-order valence-corrected chi connectivity index (χ2v) is 16.3. The van der Waals surface area contributed by atoms with Crippen molar-refractivity contribution in [3.8, 4) is 6.07 Å². The molecule has 0 bridgehead atoms. The lowest BCUT2D eigenvalue weighted by Gasteiger charge is -2.61. The van der Waals surface area contributed by atoms with E-state index in [9.17, 15) is 19.6 Å². The molecule has 0 aliphatic heterocycles. The van der Waals surface area contributed by atoms with Crippen molar-refractivity contribution in [1.82, 2.24) is 5.32 Å². The highest BCUT2D eigenvalue weighted by atomic mass is 16.1. The van der Waals surface area contributed by atoms with Gasteiger partial charge in [-0.05, 0) is 92.4 Å². The van der Waals surface area contributed by atoms with Gasteiger partial charge in [-0.15, -0.1) is 0 Å². The minimum Gasteiger partial charge on any atom is -0.356 e. The maximum Gasteiger partial charge on any atom is 0.220 e. The molecule has 0 saturated heterocycles. The molecule has 0 aromatic rings. The van der Waals surface area contributed by atoms with Crippen molar-refractivity contribution in [2.45, 2.75) is 141 Å². The number of nitrogens with zero attached hydrogens (tertiary/aromatic N) is 1. The molecule has 1 fully saturated rings. The summed E-state index contributed by atoms with van der Waals surface area (Å²) in [5, 5.41) is 12.9. The van der Waals surface area contributed by atoms with Crippen LogP contribution in [0.4, 0.5) is 0 Å². The zero-order valence-corrected chi connectivity index (χ0v) is 29.0. The van der Waals surface area contributed by atoms with Gasteiger partial charge >= 0.3 is 0 Å². The van der Waals surface area contributed by atoms with Gasteiger partial charge in [0.15, 0.2) is 11.6 Å². The number of Topliss-reactive ketones (excluding diaryl/α,β-unsaturated/α-hetero) is 1. The number of hydrogen-bond acceptors (Lipinski definition) is 4. The molecular formula is C37H60N2O3. The SMILES string of the molecule is CCNC(=O)CC[C@@](C)(CCC(C)(C)CC)CCC(C)(C)[C@]1(C)CC[C@H]2C(C)(C)C(=O)C(C#N)=C[C@]2(C)/C1=C/C(C)=O. The fourth-order valence-corrected chi connectivity index (χ4v) is 7.90. The van der Waals surface area contributed by atoms with Gasteiger partial charge in [-0.25, -0.2) is 0 Å². The number of fused-ring (bicyclic) bond motifs is 1. The van der Waals surface area contributed by atoms with Gasteiger partial charge in [-0.1, -0.05) is 87.3 Å². The van der Waals surface area contributed by atoms with Crippen LogP contribution in [0.2, 0.25) is 0 Å². The normalized spacial score (nSPS) is 28.4. The molecule has 0 spiro atoms. The van der Waals surface area contributed by atoms with Crippen molar-refractivity contribution in [3.05, 3.63) is 23.3 Å². The lowest BCUT2D eigenvalue weighted by atomic mass is 9.42. The van der Waals surface area contributed by atoms with Gasteiger partial charge in [-0.2, -0.15) is 5.26 Å². The molecule has 0 heterocycles. The van der Waals surface area contributed by atoms with Crippen LogP contribution in [0.25, 0.3) is 0 Å².